The molecule has 1 aliphatic rings. The molecule has 204 valence electrons. The van der Waals surface area contributed by atoms with Crippen LogP contribution in [0.15, 0.2) is 41.8 Å². The summed E-state index contributed by atoms with van der Waals surface area (Å²) in [6.45, 7) is -0.707. The average molecular weight is 550 g/mol. The van der Waals surface area contributed by atoms with Gasteiger partial charge in [0, 0.05) is 22.2 Å². The number of carboxylic acid groups (broad SMARTS) is 1. The van der Waals surface area contributed by atoms with Gasteiger partial charge in [-0.2, -0.15) is 0 Å². The Morgan fingerprint density at radius 2 is 1.92 bits per heavy atom. The molecule has 0 aliphatic carbocycles. The average Bonchev–Trinajstić information content (AvgIpc) is 3.48. The number of nitrogens with zero attached hydrogens (tertiary/aromatic N) is 1. The van der Waals surface area contributed by atoms with E-state index in [9.17, 15) is 28.7 Å². The zero-order valence-electron chi connectivity index (χ0n) is 20.2. The monoisotopic (exact) mass is 549 g/mol. The second-order valence-electron chi connectivity index (χ2n) is 8.36. The third-order valence-electron chi connectivity index (χ3n) is 5.60. The van der Waals surface area contributed by atoms with Gasteiger partial charge in [0.25, 0.3) is 0 Å². The number of benzene rings is 1. The smallest absolute Gasteiger partial charge is 0.410 e. The van der Waals surface area contributed by atoms with Crippen molar-refractivity contribution in [2.45, 2.75) is 37.7 Å². The predicted molar refractivity (Wildman–Crippen MR) is 135 cm³/mol. The zero-order valence-corrected chi connectivity index (χ0v) is 21.0. The van der Waals surface area contributed by atoms with E-state index in [1.807, 2.05) is 23.5 Å². The van der Waals surface area contributed by atoms with Crippen molar-refractivity contribution < 1.29 is 38.5 Å². The van der Waals surface area contributed by atoms with E-state index in [1.165, 1.54) is 11.4 Å². The molecular formula is C24H28FN5O7S. The van der Waals surface area contributed by atoms with Crippen LogP contribution in [0.25, 0.3) is 0 Å². The summed E-state index contributed by atoms with van der Waals surface area (Å²) in [5.74, 6) is -1.58. The number of rotatable bonds is 11. The summed E-state index contributed by atoms with van der Waals surface area (Å²) in [5, 5.41) is 35.0. The van der Waals surface area contributed by atoms with Crippen LogP contribution in [-0.4, -0.2) is 82.8 Å². The Morgan fingerprint density at radius 3 is 2.63 bits per heavy atom. The van der Waals surface area contributed by atoms with E-state index in [-0.39, 0.29) is 18.8 Å². The van der Waals surface area contributed by atoms with Gasteiger partial charge in [-0.1, -0.05) is 18.2 Å². The molecule has 0 unspecified atom stereocenters. The molecule has 1 saturated heterocycles. The number of alkyl halides is 1. The maximum absolute atomic E-state index is 14.2. The highest BCUT2D eigenvalue weighted by Crippen LogP contribution is 2.22. The zero-order chi connectivity index (χ0) is 27.7. The fraction of sp³-hybridized carbons (Fsp3) is 0.375. The minimum atomic E-state index is -1.84. The van der Waals surface area contributed by atoms with Gasteiger partial charge in [0.1, 0.15) is 29.9 Å². The molecule has 1 fully saturated rings. The SMILES string of the molecule is N=C(NC(=O)O)c1csc(CNC(=O)[C@@H]2[C@H](O)[C@@H](F)CN2C(=O)CNC(=O)CCCOc2ccccc2)c1. The molecule has 2 aromatic rings. The fourth-order valence-electron chi connectivity index (χ4n) is 3.71. The molecule has 1 aromatic carbocycles. The Bertz CT molecular complexity index is 1160. The number of likely N-dealkylation sites (tertiary alicyclic amines) is 1. The van der Waals surface area contributed by atoms with Crippen LogP contribution in [0.4, 0.5) is 9.18 Å². The van der Waals surface area contributed by atoms with Gasteiger partial charge in [0.2, 0.25) is 17.7 Å². The van der Waals surface area contributed by atoms with Crippen LogP contribution in [0.5, 0.6) is 5.75 Å². The molecule has 0 saturated carbocycles. The number of para-hydroxylation sites is 1. The number of nitrogens with one attached hydrogen (secondary N) is 4. The van der Waals surface area contributed by atoms with Gasteiger partial charge >= 0.3 is 6.09 Å². The Balaban J connectivity index is 1.46. The van der Waals surface area contributed by atoms with Gasteiger partial charge < -0.3 is 30.5 Å². The highest BCUT2D eigenvalue weighted by Gasteiger charge is 2.47. The maximum Gasteiger partial charge on any atom is 0.410 e. The first-order valence-corrected chi connectivity index (χ1v) is 12.5. The molecule has 1 aliphatic heterocycles. The number of aliphatic hydroxyl groups excluding tert-OH is 1. The lowest BCUT2D eigenvalue weighted by atomic mass is 10.1. The van der Waals surface area contributed by atoms with Crippen molar-refractivity contribution in [1.82, 2.24) is 20.9 Å². The quantitative estimate of drug-likeness (QED) is 0.136. The molecule has 4 amide bonds. The van der Waals surface area contributed by atoms with Crippen molar-refractivity contribution in [3.8, 4) is 5.75 Å². The van der Waals surface area contributed by atoms with E-state index in [4.69, 9.17) is 15.3 Å². The van der Waals surface area contributed by atoms with E-state index in [0.29, 0.717) is 29.2 Å². The van der Waals surface area contributed by atoms with Crippen molar-refractivity contribution in [2.24, 2.45) is 0 Å². The van der Waals surface area contributed by atoms with Crippen molar-refractivity contribution >= 4 is 41.0 Å². The first-order valence-electron chi connectivity index (χ1n) is 11.7. The van der Waals surface area contributed by atoms with Crippen molar-refractivity contribution in [3.63, 3.8) is 0 Å². The molecule has 38 heavy (non-hydrogen) atoms. The third-order valence-corrected chi connectivity index (χ3v) is 6.53. The van der Waals surface area contributed by atoms with Crippen LogP contribution in [0.2, 0.25) is 0 Å². The first-order chi connectivity index (χ1) is 18.2. The van der Waals surface area contributed by atoms with E-state index >= 15 is 0 Å². The van der Waals surface area contributed by atoms with Gasteiger partial charge in [0.05, 0.1) is 26.2 Å². The summed E-state index contributed by atoms with van der Waals surface area (Å²) >= 11 is 1.15. The number of aliphatic hydroxyl groups is 1. The predicted octanol–water partition coefficient (Wildman–Crippen LogP) is 0.842. The summed E-state index contributed by atoms with van der Waals surface area (Å²) in [5.41, 5.74) is 0.297. The standard InChI is InChI=1S/C24H28FN5O7S/c25-17-12-30(19(32)11-27-18(31)7-4-8-37-15-5-2-1-3-6-15)20(21(17)33)23(34)28-10-16-9-14(13-38-16)22(26)29-24(35)36/h1-3,5-6,9,13,17,20-21,33H,4,7-8,10-12H2,(H2,26,29)(H,27,31)(H,28,34)(H,35,36)/t17-,20-,21+/m0/s1. The third kappa shape index (κ3) is 7.98. The lowest BCUT2D eigenvalue weighted by Gasteiger charge is -2.25. The number of amidine groups is 1. The van der Waals surface area contributed by atoms with Crippen molar-refractivity contribution in [1.29, 1.82) is 5.41 Å². The van der Waals surface area contributed by atoms with Gasteiger partial charge in [0.15, 0.2) is 0 Å². The van der Waals surface area contributed by atoms with Crippen molar-refractivity contribution in [2.75, 3.05) is 19.7 Å². The van der Waals surface area contributed by atoms with E-state index in [0.717, 1.165) is 16.2 Å². The first kappa shape index (κ1) is 28.5. The summed E-state index contributed by atoms with van der Waals surface area (Å²) in [7, 11) is 0. The normalized spacial score (nSPS) is 18.5. The van der Waals surface area contributed by atoms with Crippen LogP contribution in [0, 0.1) is 5.41 Å². The van der Waals surface area contributed by atoms with Gasteiger partial charge in [-0.15, -0.1) is 11.3 Å². The lowest BCUT2D eigenvalue weighted by Crippen LogP contribution is -2.52. The minimum Gasteiger partial charge on any atom is -0.494 e. The second kappa shape index (κ2) is 13.5. The van der Waals surface area contributed by atoms with Crippen LogP contribution in [0.3, 0.4) is 0 Å². The Hall–Kier alpha value is -4.04. The molecule has 3 atom stereocenters. The van der Waals surface area contributed by atoms with Crippen LogP contribution in [0.1, 0.15) is 23.3 Å². The van der Waals surface area contributed by atoms with Crippen LogP contribution >= 0.6 is 11.3 Å². The molecule has 2 heterocycles. The van der Waals surface area contributed by atoms with Gasteiger partial charge in [-0.25, -0.2) is 9.18 Å². The number of hydrogen-bond acceptors (Lipinski definition) is 8. The Labute approximate surface area is 221 Å². The molecule has 0 bridgehead atoms. The highest BCUT2D eigenvalue weighted by molar-refractivity contribution is 7.10. The Morgan fingerprint density at radius 1 is 1.18 bits per heavy atom. The molecule has 12 nitrogen and oxygen atoms in total. The largest absolute Gasteiger partial charge is 0.494 e. The summed E-state index contributed by atoms with van der Waals surface area (Å²) in [6, 6.07) is 9.09. The number of carbonyl (C=O) groups is 4. The number of halogens is 1. The van der Waals surface area contributed by atoms with E-state index in [2.05, 4.69) is 10.6 Å². The second-order valence-corrected chi connectivity index (χ2v) is 9.36. The van der Waals surface area contributed by atoms with Gasteiger partial charge in [-0.05, 0) is 24.6 Å². The molecule has 14 heteroatoms. The topological polar surface area (TPSA) is 181 Å². The van der Waals surface area contributed by atoms with Crippen LogP contribution in [-0.2, 0) is 20.9 Å². The molecule has 0 radical (unpaired) electrons. The van der Waals surface area contributed by atoms with Gasteiger partial charge in [-0.3, -0.25) is 25.1 Å². The number of hydrogen-bond donors (Lipinski definition) is 6. The number of carbonyl (C=O) groups excluding carboxylic acids is 3. The Kier molecular flexibility index (Phi) is 10.1. The van der Waals surface area contributed by atoms with E-state index < -0.39 is 55.2 Å². The van der Waals surface area contributed by atoms with Crippen molar-refractivity contribution in [3.05, 3.63) is 52.2 Å². The fourth-order valence-corrected chi connectivity index (χ4v) is 4.53. The molecule has 6 N–H and O–H groups in total. The number of thiophene rings is 1. The lowest BCUT2D eigenvalue weighted by molar-refractivity contribution is -0.140. The molecule has 3 rings (SSSR count). The maximum atomic E-state index is 14.2. The summed E-state index contributed by atoms with van der Waals surface area (Å²) < 4.78 is 19.7. The molecule has 0 spiro atoms. The molecular weight excluding hydrogens is 521 g/mol. The van der Waals surface area contributed by atoms with E-state index in [1.54, 1.807) is 12.1 Å². The number of amides is 4. The minimum absolute atomic E-state index is 0.0478. The van der Waals surface area contributed by atoms with Crippen LogP contribution < -0.4 is 20.7 Å². The highest BCUT2D eigenvalue weighted by atomic mass is 32.1. The summed E-state index contributed by atoms with van der Waals surface area (Å²) in [6.07, 6.45) is -4.45. The molecule has 1 aromatic heterocycles. The summed E-state index contributed by atoms with van der Waals surface area (Å²) in [4.78, 5) is 49.6. The number of ether oxygens (including phenoxy) is 1.